The lowest BCUT2D eigenvalue weighted by molar-refractivity contribution is 0.951. The Kier molecular flexibility index (Phi) is 4.67. The molecule has 108 valence electrons. The van der Waals surface area contributed by atoms with Gasteiger partial charge >= 0.3 is 0 Å². The monoisotopic (exact) mass is 316 g/mol. The minimum Gasteiger partial charge on any atom is -0.360 e. The maximum absolute atomic E-state index is 4.48. The van der Waals surface area contributed by atoms with Crippen LogP contribution in [0.5, 0.6) is 0 Å². The minimum atomic E-state index is 0.858. The number of fused-ring (bicyclic) bond motifs is 1. The van der Waals surface area contributed by atoms with E-state index in [1.165, 1.54) is 10.9 Å². The van der Waals surface area contributed by atoms with E-state index in [4.69, 9.17) is 0 Å². The van der Waals surface area contributed by atoms with Crippen LogP contribution in [0.3, 0.4) is 0 Å². The largest absolute Gasteiger partial charge is 0.360 e. The summed E-state index contributed by atoms with van der Waals surface area (Å²) in [6, 6.07) is 10.4. The molecule has 21 heavy (non-hydrogen) atoms. The number of aromatic nitrogens is 3. The smallest absolute Gasteiger partial charge is 0.206 e. The van der Waals surface area contributed by atoms with E-state index in [0.717, 1.165) is 33.7 Å². The normalized spacial score (nSPS) is 10.9. The molecule has 0 fully saturated rings. The summed E-state index contributed by atoms with van der Waals surface area (Å²) in [7, 11) is 0. The van der Waals surface area contributed by atoms with Crippen molar-refractivity contribution in [2.75, 3.05) is 11.9 Å². The Morgan fingerprint density at radius 1 is 1.19 bits per heavy atom. The van der Waals surface area contributed by atoms with Crippen molar-refractivity contribution in [1.29, 1.82) is 0 Å². The predicted octanol–water partition coefficient (Wildman–Crippen LogP) is 4.20. The number of para-hydroxylation sites is 1. The zero-order valence-electron chi connectivity index (χ0n) is 11.7. The third-order valence-corrected chi connectivity index (χ3v) is 5.06. The van der Waals surface area contributed by atoms with Gasteiger partial charge in [0.15, 0.2) is 4.34 Å². The van der Waals surface area contributed by atoms with Crippen LogP contribution in [0.15, 0.2) is 40.9 Å². The molecule has 0 saturated carbocycles. The van der Waals surface area contributed by atoms with Gasteiger partial charge in [-0.3, -0.25) is 4.98 Å². The average Bonchev–Trinajstić information content (AvgIpc) is 2.99. The van der Waals surface area contributed by atoms with E-state index in [1.807, 2.05) is 12.3 Å². The highest BCUT2D eigenvalue weighted by Gasteiger charge is 2.07. The summed E-state index contributed by atoms with van der Waals surface area (Å²) in [6.45, 7) is 3.07. The SMILES string of the molecule is CCCNc1nnc(SCc2cccc3cccnc23)s1. The van der Waals surface area contributed by atoms with Crippen molar-refractivity contribution in [1.82, 2.24) is 15.2 Å². The molecule has 0 atom stereocenters. The van der Waals surface area contributed by atoms with E-state index in [-0.39, 0.29) is 0 Å². The zero-order valence-corrected chi connectivity index (χ0v) is 13.4. The van der Waals surface area contributed by atoms with Crippen LogP contribution in [-0.4, -0.2) is 21.7 Å². The van der Waals surface area contributed by atoms with E-state index in [1.54, 1.807) is 23.1 Å². The van der Waals surface area contributed by atoms with Gasteiger partial charge in [-0.25, -0.2) is 0 Å². The van der Waals surface area contributed by atoms with Crippen molar-refractivity contribution in [3.8, 4) is 0 Å². The Balaban J connectivity index is 1.70. The molecule has 0 aliphatic carbocycles. The number of pyridine rings is 1. The first-order chi connectivity index (χ1) is 10.4. The van der Waals surface area contributed by atoms with E-state index in [2.05, 4.69) is 51.7 Å². The van der Waals surface area contributed by atoms with E-state index >= 15 is 0 Å². The third kappa shape index (κ3) is 3.51. The van der Waals surface area contributed by atoms with Gasteiger partial charge < -0.3 is 5.32 Å². The van der Waals surface area contributed by atoms with Crippen LogP contribution in [0.1, 0.15) is 18.9 Å². The van der Waals surface area contributed by atoms with Gasteiger partial charge in [-0.2, -0.15) is 0 Å². The average molecular weight is 316 g/mol. The molecule has 0 spiro atoms. The summed E-state index contributed by atoms with van der Waals surface area (Å²) < 4.78 is 0.988. The standard InChI is InChI=1S/C15H16N4S2/c1-2-8-17-14-18-19-15(21-14)20-10-12-6-3-5-11-7-4-9-16-13(11)12/h3-7,9H,2,8,10H2,1H3,(H,17,18). The van der Waals surface area contributed by atoms with E-state index < -0.39 is 0 Å². The van der Waals surface area contributed by atoms with Crippen LogP contribution >= 0.6 is 23.1 Å². The number of benzene rings is 1. The van der Waals surface area contributed by atoms with Crippen molar-refractivity contribution in [3.63, 3.8) is 0 Å². The predicted molar refractivity (Wildman–Crippen MR) is 90.0 cm³/mol. The fourth-order valence-corrected chi connectivity index (χ4v) is 3.76. The van der Waals surface area contributed by atoms with Gasteiger partial charge in [0.05, 0.1) is 5.52 Å². The third-order valence-electron chi connectivity index (χ3n) is 3.00. The topological polar surface area (TPSA) is 50.7 Å². The molecule has 0 saturated heterocycles. The summed E-state index contributed by atoms with van der Waals surface area (Å²) in [4.78, 5) is 4.48. The second-order valence-electron chi connectivity index (χ2n) is 4.58. The quantitative estimate of drug-likeness (QED) is 0.691. The van der Waals surface area contributed by atoms with Crippen molar-refractivity contribution in [3.05, 3.63) is 42.1 Å². The van der Waals surface area contributed by atoms with Crippen LogP contribution < -0.4 is 5.32 Å². The molecule has 4 nitrogen and oxygen atoms in total. The zero-order chi connectivity index (χ0) is 14.5. The van der Waals surface area contributed by atoms with Crippen molar-refractivity contribution in [2.45, 2.75) is 23.4 Å². The Morgan fingerprint density at radius 3 is 3.00 bits per heavy atom. The van der Waals surface area contributed by atoms with Crippen molar-refractivity contribution < 1.29 is 0 Å². The highest BCUT2D eigenvalue weighted by atomic mass is 32.2. The second kappa shape index (κ2) is 6.87. The molecule has 1 aromatic carbocycles. The summed E-state index contributed by atoms with van der Waals surface area (Å²) >= 11 is 3.31. The summed E-state index contributed by atoms with van der Waals surface area (Å²) in [6.07, 6.45) is 2.93. The van der Waals surface area contributed by atoms with E-state index in [0.29, 0.717) is 0 Å². The molecular formula is C15H16N4S2. The fourth-order valence-electron chi connectivity index (χ4n) is 1.99. The Labute approximate surface area is 132 Å². The van der Waals surface area contributed by atoms with Crippen LogP contribution in [-0.2, 0) is 5.75 Å². The molecule has 0 unspecified atom stereocenters. The van der Waals surface area contributed by atoms with Crippen molar-refractivity contribution in [2.24, 2.45) is 0 Å². The minimum absolute atomic E-state index is 0.858. The Bertz CT molecular complexity index is 721. The first-order valence-electron chi connectivity index (χ1n) is 6.89. The number of hydrogen-bond acceptors (Lipinski definition) is 6. The molecule has 0 amide bonds. The maximum atomic E-state index is 4.48. The highest BCUT2D eigenvalue weighted by Crippen LogP contribution is 2.30. The lowest BCUT2D eigenvalue weighted by atomic mass is 10.1. The van der Waals surface area contributed by atoms with Gasteiger partial charge in [0, 0.05) is 23.9 Å². The molecule has 2 aromatic heterocycles. The molecule has 0 radical (unpaired) electrons. The van der Waals surface area contributed by atoms with Crippen LogP contribution in [0.2, 0.25) is 0 Å². The van der Waals surface area contributed by atoms with Gasteiger partial charge in [0.2, 0.25) is 5.13 Å². The number of hydrogen-bond donors (Lipinski definition) is 1. The van der Waals surface area contributed by atoms with Gasteiger partial charge in [-0.05, 0) is 18.1 Å². The number of anilines is 1. The highest BCUT2D eigenvalue weighted by molar-refractivity contribution is 8.00. The van der Waals surface area contributed by atoms with Gasteiger partial charge in [-0.15, -0.1) is 10.2 Å². The first-order valence-corrected chi connectivity index (χ1v) is 8.70. The Hall–Kier alpha value is -1.66. The molecule has 1 N–H and O–H groups in total. The van der Waals surface area contributed by atoms with Crippen LogP contribution in [0.25, 0.3) is 10.9 Å². The molecule has 3 rings (SSSR count). The molecule has 2 heterocycles. The Morgan fingerprint density at radius 2 is 2.10 bits per heavy atom. The van der Waals surface area contributed by atoms with E-state index in [9.17, 15) is 0 Å². The summed E-state index contributed by atoms with van der Waals surface area (Å²) in [5.41, 5.74) is 2.30. The molecule has 6 heteroatoms. The van der Waals surface area contributed by atoms with Gasteiger partial charge in [0.25, 0.3) is 0 Å². The number of nitrogens with one attached hydrogen (secondary N) is 1. The lowest BCUT2D eigenvalue weighted by Gasteiger charge is -2.03. The van der Waals surface area contributed by atoms with Gasteiger partial charge in [-0.1, -0.05) is 54.3 Å². The summed E-state index contributed by atoms with van der Waals surface area (Å²) in [5, 5.41) is 13.7. The maximum Gasteiger partial charge on any atom is 0.206 e. The number of thioether (sulfide) groups is 1. The summed E-state index contributed by atoms with van der Waals surface area (Å²) in [5.74, 6) is 0.858. The first kappa shape index (κ1) is 14.3. The molecule has 0 bridgehead atoms. The second-order valence-corrected chi connectivity index (χ2v) is 6.78. The van der Waals surface area contributed by atoms with Gasteiger partial charge in [0.1, 0.15) is 0 Å². The number of nitrogens with zero attached hydrogens (tertiary/aromatic N) is 3. The molecule has 0 aliphatic rings. The fraction of sp³-hybridized carbons (Fsp3) is 0.267. The molecular weight excluding hydrogens is 300 g/mol. The molecule has 0 aliphatic heterocycles. The van der Waals surface area contributed by atoms with Crippen LogP contribution in [0, 0.1) is 0 Å². The number of rotatable bonds is 6. The molecule has 3 aromatic rings. The van der Waals surface area contributed by atoms with Crippen molar-refractivity contribution >= 4 is 39.1 Å². The van der Waals surface area contributed by atoms with Crippen LogP contribution in [0.4, 0.5) is 5.13 Å². The lowest BCUT2D eigenvalue weighted by Crippen LogP contribution is -1.98.